The summed E-state index contributed by atoms with van der Waals surface area (Å²) >= 11 is 0. The third kappa shape index (κ3) is 4.88. The van der Waals surface area contributed by atoms with Gasteiger partial charge in [0.15, 0.2) is 0 Å². The largest absolute Gasteiger partial charge is 0.493 e. The summed E-state index contributed by atoms with van der Waals surface area (Å²) in [5.74, 6) is 1.01. The van der Waals surface area contributed by atoms with Crippen molar-refractivity contribution in [3.8, 4) is 5.75 Å². The fourth-order valence-corrected chi connectivity index (χ4v) is 3.02. The lowest BCUT2D eigenvalue weighted by atomic mass is 9.92. The van der Waals surface area contributed by atoms with E-state index in [1.54, 1.807) is 18.2 Å². The van der Waals surface area contributed by atoms with E-state index in [-0.39, 0.29) is 5.97 Å². The summed E-state index contributed by atoms with van der Waals surface area (Å²) in [6.07, 6.45) is 3.03. The number of methoxy groups -OCH3 is 1. The third-order valence-corrected chi connectivity index (χ3v) is 4.50. The number of hydrogen-bond donors (Lipinski definition) is 1. The van der Waals surface area contributed by atoms with E-state index in [4.69, 9.17) is 14.6 Å². The quantitative estimate of drug-likeness (QED) is 0.637. The van der Waals surface area contributed by atoms with Crippen molar-refractivity contribution in [1.29, 1.82) is 0 Å². The summed E-state index contributed by atoms with van der Waals surface area (Å²) in [5.41, 5.74) is 1.43. The van der Waals surface area contributed by atoms with Crippen molar-refractivity contribution in [2.24, 2.45) is 5.92 Å². The fourth-order valence-electron chi connectivity index (χ4n) is 3.02. The van der Waals surface area contributed by atoms with Crippen LogP contribution in [0.15, 0.2) is 18.2 Å². The number of benzene rings is 1. The van der Waals surface area contributed by atoms with Crippen molar-refractivity contribution in [3.05, 3.63) is 29.3 Å². The van der Waals surface area contributed by atoms with Gasteiger partial charge in [-0.1, -0.05) is 0 Å². The number of piperidine rings is 1. The first-order chi connectivity index (χ1) is 11.5. The Balaban J connectivity index is 1.71. The van der Waals surface area contributed by atoms with Gasteiger partial charge < -0.3 is 19.5 Å². The lowest BCUT2D eigenvalue weighted by Gasteiger charge is -2.29. The highest BCUT2D eigenvalue weighted by Crippen LogP contribution is 2.23. The number of likely N-dealkylation sites (tertiary alicyclic amines) is 1. The van der Waals surface area contributed by atoms with Gasteiger partial charge in [0.1, 0.15) is 5.75 Å². The van der Waals surface area contributed by atoms with Gasteiger partial charge in [0.2, 0.25) is 0 Å². The Hall–Kier alpha value is -2.24. The molecule has 132 valence electrons. The zero-order valence-electron chi connectivity index (χ0n) is 14.3. The predicted octanol–water partition coefficient (Wildman–Crippen LogP) is 3.33. The fraction of sp³-hybridized carbons (Fsp3) is 0.556. The van der Waals surface area contributed by atoms with Gasteiger partial charge >= 0.3 is 12.1 Å². The number of nitrogens with zero attached hydrogens (tertiary/aromatic N) is 1. The van der Waals surface area contributed by atoms with E-state index in [9.17, 15) is 9.59 Å². The Morgan fingerprint density at radius 3 is 2.58 bits per heavy atom. The molecule has 0 atom stereocenters. The molecular weight excluding hydrogens is 310 g/mol. The topological polar surface area (TPSA) is 76.1 Å². The van der Waals surface area contributed by atoms with E-state index in [0.717, 1.165) is 37.0 Å². The maximum absolute atomic E-state index is 11.5. The standard InChI is InChI=1S/C18H25NO5/c1-13-12-15(17(20)23-2)5-6-16(13)24-11-3-4-14-7-9-19(10-8-14)18(21)22/h5-6,12,14H,3-4,7-11H2,1-2H3,(H,21,22). The van der Waals surface area contributed by atoms with Gasteiger partial charge in [-0.2, -0.15) is 0 Å². The van der Waals surface area contributed by atoms with E-state index in [1.807, 2.05) is 6.92 Å². The molecule has 6 nitrogen and oxygen atoms in total. The molecule has 0 aliphatic carbocycles. The average molecular weight is 335 g/mol. The van der Waals surface area contributed by atoms with Crippen LogP contribution >= 0.6 is 0 Å². The number of carboxylic acid groups (broad SMARTS) is 1. The van der Waals surface area contributed by atoms with Crippen LogP contribution in [0.2, 0.25) is 0 Å². The SMILES string of the molecule is COC(=O)c1ccc(OCCCC2CCN(C(=O)O)CC2)c(C)c1. The molecule has 0 aromatic heterocycles. The van der Waals surface area contributed by atoms with E-state index < -0.39 is 6.09 Å². The number of rotatable bonds is 6. The number of carbonyl (C=O) groups excluding carboxylic acids is 1. The Kier molecular flexibility index (Phi) is 6.46. The molecule has 0 unspecified atom stereocenters. The van der Waals surface area contributed by atoms with Gasteiger partial charge in [-0.25, -0.2) is 9.59 Å². The molecule has 0 saturated carbocycles. The molecule has 1 aliphatic heterocycles. The van der Waals surface area contributed by atoms with Crippen molar-refractivity contribution in [2.45, 2.75) is 32.6 Å². The summed E-state index contributed by atoms with van der Waals surface area (Å²) in [6.45, 7) is 3.80. The Bertz CT molecular complexity index is 579. The zero-order valence-corrected chi connectivity index (χ0v) is 14.3. The summed E-state index contributed by atoms with van der Waals surface area (Å²) in [6, 6.07) is 5.27. The first-order valence-corrected chi connectivity index (χ1v) is 8.31. The van der Waals surface area contributed by atoms with Gasteiger partial charge in [0.05, 0.1) is 19.3 Å². The maximum atomic E-state index is 11.5. The van der Waals surface area contributed by atoms with Crippen LogP contribution in [0, 0.1) is 12.8 Å². The van der Waals surface area contributed by atoms with Crippen molar-refractivity contribution >= 4 is 12.1 Å². The average Bonchev–Trinajstić information content (AvgIpc) is 2.59. The molecule has 1 amide bonds. The molecule has 0 bridgehead atoms. The van der Waals surface area contributed by atoms with Gasteiger partial charge in [0.25, 0.3) is 0 Å². The lowest BCUT2D eigenvalue weighted by Crippen LogP contribution is -2.37. The molecular formula is C18H25NO5. The van der Waals surface area contributed by atoms with Crippen LogP contribution in [-0.2, 0) is 4.74 Å². The van der Waals surface area contributed by atoms with Crippen LogP contribution < -0.4 is 4.74 Å². The molecule has 1 aromatic rings. The number of ether oxygens (including phenoxy) is 2. The molecule has 6 heteroatoms. The summed E-state index contributed by atoms with van der Waals surface area (Å²) in [5, 5.41) is 8.94. The smallest absolute Gasteiger partial charge is 0.407 e. The summed E-state index contributed by atoms with van der Waals surface area (Å²) in [4.78, 5) is 23.8. The van der Waals surface area contributed by atoms with E-state index in [2.05, 4.69) is 0 Å². The number of hydrogen-bond acceptors (Lipinski definition) is 4. The molecule has 24 heavy (non-hydrogen) atoms. The molecule has 1 N–H and O–H groups in total. The van der Waals surface area contributed by atoms with Gasteiger partial charge in [-0.3, -0.25) is 0 Å². The molecule has 2 rings (SSSR count). The molecule has 1 heterocycles. The maximum Gasteiger partial charge on any atom is 0.407 e. The molecule has 1 saturated heterocycles. The van der Waals surface area contributed by atoms with Gasteiger partial charge in [-0.15, -0.1) is 0 Å². The second kappa shape index (κ2) is 8.57. The summed E-state index contributed by atoms with van der Waals surface area (Å²) < 4.78 is 10.5. The molecule has 1 aliphatic rings. The number of aryl methyl sites for hydroxylation is 1. The van der Waals surface area contributed by atoms with E-state index >= 15 is 0 Å². The first-order valence-electron chi connectivity index (χ1n) is 8.31. The van der Waals surface area contributed by atoms with Crippen LogP contribution in [0.1, 0.15) is 41.6 Å². The first kappa shape index (κ1) is 18.1. The second-order valence-corrected chi connectivity index (χ2v) is 6.18. The predicted molar refractivity (Wildman–Crippen MR) is 89.6 cm³/mol. The number of esters is 1. The van der Waals surface area contributed by atoms with Crippen LogP contribution in [-0.4, -0.2) is 48.9 Å². The highest BCUT2D eigenvalue weighted by molar-refractivity contribution is 5.89. The monoisotopic (exact) mass is 335 g/mol. The Morgan fingerprint density at radius 1 is 1.29 bits per heavy atom. The van der Waals surface area contributed by atoms with Crippen LogP contribution in [0.5, 0.6) is 5.75 Å². The molecule has 1 fully saturated rings. The molecule has 0 radical (unpaired) electrons. The number of carbonyl (C=O) groups is 2. The number of amides is 1. The van der Waals surface area contributed by atoms with Crippen molar-refractivity contribution in [3.63, 3.8) is 0 Å². The van der Waals surface area contributed by atoms with E-state index in [1.165, 1.54) is 12.0 Å². The second-order valence-electron chi connectivity index (χ2n) is 6.18. The minimum absolute atomic E-state index is 0.350. The van der Waals surface area contributed by atoms with Crippen molar-refractivity contribution < 1.29 is 24.2 Å². The lowest BCUT2D eigenvalue weighted by molar-refractivity contribution is 0.0600. The van der Waals surface area contributed by atoms with E-state index in [0.29, 0.717) is 31.2 Å². The zero-order chi connectivity index (χ0) is 17.5. The third-order valence-electron chi connectivity index (χ3n) is 4.50. The Morgan fingerprint density at radius 2 is 2.00 bits per heavy atom. The van der Waals surface area contributed by atoms with Crippen LogP contribution in [0.4, 0.5) is 4.79 Å². The minimum atomic E-state index is -0.817. The molecule has 0 spiro atoms. The molecule has 1 aromatic carbocycles. The highest BCUT2D eigenvalue weighted by Gasteiger charge is 2.21. The van der Waals surface area contributed by atoms with Crippen molar-refractivity contribution in [1.82, 2.24) is 4.90 Å². The normalized spacial score (nSPS) is 15.2. The van der Waals surface area contributed by atoms with Gasteiger partial charge in [-0.05, 0) is 62.3 Å². The van der Waals surface area contributed by atoms with Crippen LogP contribution in [0.3, 0.4) is 0 Å². The minimum Gasteiger partial charge on any atom is -0.493 e. The van der Waals surface area contributed by atoms with Gasteiger partial charge in [0, 0.05) is 13.1 Å². The summed E-state index contributed by atoms with van der Waals surface area (Å²) in [7, 11) is 1.36. The van der Waals surface area contributed by atoms with Crippen LogP contribution in [0.25, 0.3) is 0 Å². The highest BCUT2D eigenvalue weighted by atomic mass is 16.5. The Labute approximate surface area is 142 Å². The van der Waals surface area contributed by atoms with Crippen molar-refractivity contribution in [2.75, 3.05) is 26.8 Å².